The van der Waals surface area contributed by atoms with Gasteiger partial charge in [0.1, 0.15) is 5.82 Å². The number of esters is 1. The predicted molar refractivity (Wildman–Crippen MR) is 79.0 cm³/mol. The first-order valence-corrected chi connectivity index (χ1v) is 6.75. The number of rotatable bonds is 6. The van der Waals surface area contributed by atoms with Crippen molar-refractivity contribution in [3.8, 4) is 0 Å². The fraction of sp³-hybridized carbons (Fsp3) is 0.235. The molecule has 0 aliphatic carbocycles. The number of methoxy groups -OCH3 is 1. The van der Waals surface area contributed by atoms with E-state index in [1.165, 1.54) is 19.2 Å². The number of benzene rings is 2. The van der Waals surface area contributed by atoms with E-state index in [-0.39, 0.29) is 18.3 Å². The summed E-state index contributed by atoms with van der Waals surface area (Å²) in [6, 6.07) is 16.2. The lowest BCUT2D eigenvalue weighted by atomic mass is 10.1. The van der Waals surface area contributed by atoms with Crippen molar-refractivity contribution in [3.63, 3.8) is 0 Å². The summed E-state index contributed by atoms with van der Waals surface area (Å²) in [5.74, 6) is -0.547. The summed E-state index contributed by atoms with van der Waals surface area (Å²) in [7, 11) is 1.38. The SMILES string of the molecule is COC(=O)CN(Cc1ccccc1)Cc1ccc(F)cc1. The van der Waals surface area contributed by atoms with Crippen LogP contribution in [0.2, 0.25) is 0 Å². The van der Waals surface area contributed by atoms with Crippen molar-refractivity contribution in [1.29, 1.82) is 0 Å². The van der Waals surface area contributed by atoms with Crippen molar-refractivity contribution < 1.29 is 13.9 Å². The van der Waals surface area contributed by atoms with E-state index >= 15 is 0 Å². The summed E-state index contributed by atoms with van der Waals surface area (Å²) < 4.78 is 17.7. The van der Waals surface area contributed by atoms with E-state index in [0.717, 1.165) is 11.1 Å². The highest BCUT2D eigenvalue weighted by atomic mass is 19.1. The zero-order valence-electron chi connectivity index (χ0n) is 12.0. The normalized spacial score (nSPS) is 10.6. The minimum atomic E-state index is -0.284. The van der Waals surface area contributed by atoms with Gasteiger partial charge in [-0.05, 0) is 23.3 Å². The molecule has 0 saturated heterocycles. The molecular weight excluding hydrogens is 269 g/mol. The number of nitrogens with zero attached hydrogens (tertiary/aromatic N) is 1. The van der Waals surface area contributed by atoms with Crippen molar-refractivity contribution in [2.45, 2.75) is 13.1 Å². The average molecular weight is 287 g/mol. The third-order valence-electron chi connectivity index (χ3n) is 3.15. The second kappa shape index (κ2) is 7.55. The van der Waals surface area contributed by atoms with E-state index in [9.17, 15) is 9.18 Å². The van der Waals surface area contributed by atoms with Crippen molar-refractivity contribution in [2.75, 3.05) is 13.7 Å². The number of hydrogen-bond donors (Lipinski definition) is 0. The maximum Gasteiger partial charge on any atom is 0.319 e. The van der Waals surface area contributed by atoms with Crippen LogP contribution >= 0.6 is 0 Å². The molecule has 21 heavy (non-hydrogen) atoms. The van der Waals surface area contributed by atoms with Crippen molar-refractivity contribution in [3.05, 3.63) is 71.5 Å². The molecule has 0 fully saturated rings. The van der Waals surface area contributed by atoms with Crippen LogP contribution in [0.5, 0.6) is 0 Å². The minimum Gasteiger partial charge on any atom is -0.468 e. The Morgan fingerprint density at radius 2 is 1.57 bits per heavy atom. The van der Waals surface area contributed by atoms with Crippen LogP contribution in [0.25, 0.3) is 0 Å². The van der Waals surface area contributed by atoms with E-state index < -0.39 is 0 Å². The molecule has 0 bridgehead atoms. The van der Waals surface area contributed by atoms with Gasteiger partial charge in [-0.3, -0.25) is 9.69 Å². The van der Waals surface area contributed by atoms with Crippen molar-refractivity contribution in [1.82, 2.24) is 4.90 Å². The average Bonchev–Trinajstić information content (AvgIpc) is 2.50. The molecule has 0 saturated carbocycles. The molecule has 3 nitrogen and oxygen atoms in total. The zero-order valence-corrected chi connectivity index (χ0v) is 12.0. The van der Waals surface area contributed by atoms with Crippen LogP contribution in [0.4, 0.5) is 4.39 Å². The van der Waals surface area contributed by atoms with E-state index in [1.54, 1.807) is 12.1 Å². The Hall–Kier alpha value is -2.20. The van der Waals surface area contributed by atoms with E-state index in [4.69, 9.17) is 4.74 Å². The highest BCUT2D eigenvalue weighted by Gasteiger charge is 2.12. The van der Waals surface area contributed by atoms with Crippen molar-refractivity contribution >= 4 is 5.97 Å². The zero-order chi connectivity index (χ0) is 15.1. The second-order valence-electron chi connectivity index (χ2n) is 4.83. The Morgan fingerprint density at radius 1 is 1.00 bits per heavy atom. The largest absolute Gasteiger partial charge is 0.468 e. The number of halogens is 1. The van der Waals surface area contributed by atoms with Gasteiger partial charge in [0.15, 0.2) is 0 Å². The first-order valence-electron chi connectivity index (χ1n) is 6.75. The summed E-state index contributed by atoms with van der Waals surface area (Å²) in [6.45, 7) is 1.39. The van der Waals surface area contributed by atoms with Gasteiger partial charge in [0, 0.05) is 13.1 Å². The monoisotopic (exact) mass is 287 g/mol. The van der Waals surface area contributed by atoms with Crippen LogP contribution in [-0.2, 0) is 22.6 Å². The predicted octanol–water partition coefficient (Wildman–Crippen LogP) is 3.00. The van der Waals surface area contributed by atoms with Crippen LogP contribution in [0.15, 0.2) is 54.6 Å². The van der Waals surface area contributed by atoms with Gasteiger partial charge in [0.2, 0.25) is 0 Å². The molecule has 2 aromatic carbocycles. The molecule has 0 aromatic heterocycles. The molecule has 110 valence electrons. The summed E-state index contributed by atoms with van der Waals surface area (Å²) >= 11 is 0. The highest BCUT2D eigenvalue weighted by molar-refractivity contribution is 5.71. The molecular formula is C17H18FNO2. The Kier molecular flexibility index (Phi) is 5.46. The quantitative estimate of drug-likeness (QED) is 0.765. The fourth-order valence-corrected chi connectivity index (χ4v) is 2.10. The Labute approximate surface area is 124 Å². The van der Waals surface area contributed by atoms with Gasteiger partial charge in [0.05, 0.1) is 13.7 Å². The van der Waals surface area contributed by atoms with E-state index in [0.29, 0.717) is 13.1 Å². The Balaban J connectivity index is 2.07. The summed E-state index contributed by atoms with van der Waals surface area (Å²) in [5, 5.41) is 0. The molecule has 4 heteroatoms. The van der Waals surface area contributed by atoms with E-state index in [1.807, 2.05) is 35.2 Å². The Morgan fingerprint density at radius 3 is 2.14 bits per heavy atom. The van der Waals surface area contributed by atoms with Gasteiger partial charge in [-0.1, -0.05) is 42.5 Å². The lowest BCUT2D eigenvalue weighted by Gasteiger charge is -2.21. The molecule has 0 heterocycles. The van der Waals surface area contributed by atoms with Crippen LogP contribution in [-0.4, -0.2) is 24.5 Å². The van der Waals surface area contributed by atoms with Gasteiger partial charge >= 0.3 is 5.97 Å². The van der Waals surface area contributed by atoms with Gasteiger partial charge in [0.25, 0.3) is 0 Å². The first-order chi connectivity index (χ1) is 10.2. The number of ether oxygens (including phenoxy) is 1. The third kappa shape index (κ3) is 5.00. The highest BCUT2D eigenvalue weighted by Crippen LogP contribution is 2.11. The fourth-order valence-electron chi connectivity index (χ4n) is 2.10. The first kappa shape index (κ1) is 15.2. The van der Waals surface area contributed by atoms with Gasteiger partial charge < -0.3 is 4.74 Å². The molecule has 0 aliphatic heterocycles. The number of hydrogen-bond acceptors (Lipinski definition) is 3. The van der Waals surface area contributed by atoms with E-state index in [2.05, 4.69) is 0 Å². The smallest absolute Gasteiger partial charge is 0.319 e. The molecule has 0 radical (unpaired) electrons. The maximum atomic E-state index is 12.9. The summed E-state index contributed by atoms with van der Waals surface area (Å²) in [5.41, 5.74) is 2.07. The van der Waals surface area contributed by atoms with Crippen LogP contribution in [0.1, 0.15) is 11.1 Å². The molecule has 2 aromatic rings. The van der Waals surface area contributed by atoms with Gasteiger partial charge in [-0.25, -0.2) is 4.39 Å². The molecule has 0 amide bonds. The third-order valence-corrected chi connectivity index (χ3v) is 3.15. The second-order valence-corrected chi connectivity index (χ2v) is 4.83. The Bertz CT molecular complexity index is 569. The lowest BCUT2D eigenvalue weighted by Crippen LogP contribution is -2.29. The molecule has 0 atom stereocenters. The van der Waals surface area contributed by atoms with Crippen LogP contribution in [0, 0.1) is 5.82 Å². The summed E-state index contributed by atoms with van der Waals surface area (Å²) in [6.07, 6.45) is 0. The maximum absolute atomic E-state index is 12.9. The van der Waals surface area contributed by atoms with Crippen LogP contribution < -0.4 is 0 Å². The molecule has 0 N–H and O–H groups in total. The summed E-state index contributed by atoms with van der Waals surface area (Å²) in [4.78, 5) is 13.5. The van der Waals surface area contributed by atoms with Crippen LogP contribution in [0.3, 0.4) is 0 Å². The molecule has 0 spiro atoms. The molecule has 0 aliphatic rings. The van der Waals surface area contributed by atoms with Crippen molar-refractivity contribution in [2.24, 2.45) is 0 Å². The minimum absolute atomic E-state index is 0.197. The van der Waals surface area contributed by atoms with Gasteiger partial charge in [-0.2, -0.15) is 0 Å². The number of carbonyl (C=O) groups is 1. The lowest BCUT2D eigenvalue weighted by molar-refractivity contribution is -0.142. The van der Waals surface area contributed by atoms with Gasteiger partial charge in [-0.15, -0.1) is 0 Å². The number of carbonyl (C=O) groups excluding carboxylic acids is 1. The molecule has 0 unspecified atom stereocenters. The molecule has 2 rings (SSSR count). The standard InChI is InChI=1S/C17H18FNO2/c1-21-17(20)13-19(11-14-5-3-2-4-6-14)12-15-7-9-16(18)10-8-15/h2-10H,11-13H2,1H3. The topological polar surface area (TPSA) is 29.5 Å².